The van der Waals surface area contributed by atoms with Crippen molar-refractivity contribution in [3.05, 3.63) is 64.2 Å². The summed E-state index contributed by atoms with van der Waals surface area (Å²) in [5.74, 6) is -0.262. The van der Waals surface area contributed by atoms with Crippen LogP contribution in [-0.2, 0) is 11.2 Å². The summed E-state index contributed by atoms with van der Waals surface area (Å²) in [7, 11) is 0. The number of benzene rings is 2. The first-order chi connectivity index (χ1) is 10.8. The van der Waals surface area contributed by atoms with E-state index in [1.165, 1.54) is 12.1 Å². The Kier molecular flexibility index (Phi) is 3.90. The highest BCUT2D eigenvalue weighted by atomic mass is 35.5. The van der Waals surface area contributed by atoms with Crippen molar-refractivity contribution in [3.8, 4) is 0 Å². The van der Waals surface area contributed by atoms with Crippen LogP contribution < -0.4 is 5.32 Å². The van der Waals surface area contributed by atoms with Gasteiger partial charge in [0.15, 0.2) is 0 Å². The van der Waals surface area contributed by atoms with Gasteiger partial charge in [0, 0.05) is 16.2 Å². The van der Waals surface area contributed by atoms with E-state index in [1.54, 1.807) is 36.4 Å². The van der Waals surface area contributed by atoms with Crippen molar-refractivity contribution in [3.63, 3.8) is 0 Å². The largest absolute Gasteiger partial charge is 0.393 e. The molecular formula is C17H11ClF3NO. The topological polar surface area (TPSA) is 29.1 Å². The summed E-state index contributed by atoms with van der Waals surface area (Å²) in [5, 5.41) is 3.23. The first-order valence-corrected chi connectivity index (χ1v) is 7.18. The Balaban J connectivity index is 1.89. The molecule has 0 saturated carbocycles. The van der Waals surface area contributed by atoms with E-state index < -0.39 is 12.6 Å². The number of amides is 1. The van der Waals surface area contributed by atoms with Gasteiger partial charge in [0.05, 0.1) is 12.1 Å². The molecular weight excluding hydrogens is 327 g/mol. The van der Waals surface area contributed by atoms with Crippen LogP contribution in [0.4, 0.5) is 18.9 Å². The van der Waals surface area contributed by atoms with E-state index >= 15 is 0 Å². The quantitative estimate of drug-likeness (QED) is 0.773. The molecule has 0 saturated heterocycles. The average molecular weight is 338 g/mol. The highest BCUT2D eigenvalue weighted by Gasteiger charge is 2.27. The predicted molar refractivity (Wildman–Crippen MR) is 84.2 cm³/mol. The standard InChI is InChI=1S/C17H11ClF3NO/c18-12-5-6-13-14(16(23)22-15(13)8-12)7-10-1-3-11(4-2-10)9-17(19,20)21/h1-8H,9H2,(H,22,23)/b14-7+. The molecule has 1 aliphatic rings. The van der Waals surface area contributed by atoms with Crippen molar-refractivity contribution in [1.29, 1.82) is 0 Å². The molecule has 23 heavy (non-hydrogen) atoms. The molecule has 6 heteroatoms. The number of fused-ring (bicyclic) bond motifs is 1. The van der Waals surface area contributed by atoms with E-state index in [4.69, 9.17) is 11.6 Å². The molecule has 0 bridgehead atoms. The van der Waals surface area contributed by atoms with Crippen molar-refractivity contribution in [2.75, 3.05) is 5.32 Å². The molecule has 1 aliphatic heterocycles. The smallest absolute Gasteiger partial charge is 0.321 e. The van der Waals surface area contributed by atoms with Gasteiger partial charge in [0.1, 0.15) is 0 Å². The van der Waals surface area contributed by atoms with E-state index in [2.05, 4.69) is 5.32 Å². The Bertz CT molecular complexity index is 794. The van der Waals surface area contributed by atoms with Crippen LogP contribution in [0.2, 0.25) is 5.02 Å². The fourth-order valence-electron chi connectivity index (χ4n) is 2.44. The maximum absolute atomic E-state index is 12.3. The molecule has 118 valence electrons. The van der Waals surface area contributed by atoms with Crippen LogP contribution >= 0.6 is 11.6 Å². The Morgan fingerprint density at radius 1 is 1.09 bits per heavy atom. The Morgan fingerprint density at radius 2 is 1.78 bits per heavy atom. The Hall–Kier alpha value is -2.27. The second-order valence-electron chi connectivity index (χ2n) is 5.24. The second kappa shape index (κ2) is 5.74. The normalized spacial score (nSPS) is 15.7. The van der Waals surface area contributed by atoms with Crippen LogP contribution in [-0.4, -0.2) is 12.1 Å². The highest BCUT2D eigenvalue weighted by Crippen LogP contribution is 2.35. The molecule has 1 amide bonds. The van der Waals surface area contributed by atoms with Gasteiger partial charge in [-0.15, -0.1) is 0 Å². The molecule has 1 heterocycles. The number of carbonyl (C=O) groups is 1. The van der Waals surface area contributed by atoms with Gasteiger partial charge >= 0.3 is 6.18 Å². The molecule has 0 aromatic heterocycles. The minimum absolute atomic E-state index is 0.183. The van der Waals surface area contributed by atoms with Crippen LogP contribution in [0.15, 0.2) is 42.5 Å². The van der Waals surface area contributed by atoms with Crippen LogP contribution in [0.5, 0.6) is 0 Å². The van der Waals surface area contributed by atoms with Crippen LogP contribution in [0, 0.1) is 0 Å². The monoisotopic (exact) mass is 337 g/mol. The van der Waals surface area contributed by atoms with Gasteiger partial charge in [-0.05, 0) is 29.3 Å². The van der Waals surface area contributed by atoms with Gasteiger partial charge in [-0.1, -0.05) is 41.9 Å². The fraction of sp³-hybridized carbons (Fsp3) is 0.118. The molecule has 0 radical (unpaired) electrons. The van der Waals surface area contributed by atoms with Crippen molar-refractivity contribution in [1.82, 2.24) is 0 Å². The lowest BCUT2D eigenvalue weighted by Crippen LogP contribution is -2.11. The lowest BCUT2D eigenvalue weighted by atomic mass is 10.0. The molecule has 3 rings (SSSR count). The second-order valence-corrected chi connectivity index (χ2v) is 5.67. The number of halogens is 4. The van der Waals surface area contributed by atoms with Crippen molar-refractivity contribution >= 4 is 34.8 Å². The van der Waals surface area contributed by atoms with Crippen molar-refractivity contribution in [2.45, 2.75) is 12.6 Å². The Labute approximate surface area is 135 Å². The highest BCUT2D eigenvalue weighted by molar-refractivity contribution is 6.36. The molecule has 2 nitrogen and oxygen atoms in total. The summed E-state index contributed by atoms with van der Waals surface area (Å²) >= 11 is 5.89. The van der Waals surface area contributed by atoms with E-state index in [1.807, 2.05) is 0 Å². The van der Waals surface area contributed by atoms with Gasteiger partial charge in [-0.3, -0.25) is 4.79 Å². The third-order valence-corrected chi connectivity index (χ3v) is 3.70. The van der Waals surface area contributed by atoms with E-state index in [9.17, 15) is 18.0 Å². The van der Waals surface area contributed by atoms with Gasteiger partial charge in [0.2, 0.25) is 0 Å². The SMILES string of the molecule is O=C1Nc2cc(Cl)ccc2/C1=C\c1ccc(CC(F)(F)F)cc1. The number of nitrogens with one attached hydrogen (secondary N) is 1. The fourth-order valence-corrected chi connectivity index (χ4v) is 2.61. The minimum atomic E-state index is -4.23. The van der Waals surface area contributed by atoms with Gasteiger partial charge in [-0.2, -0.15) is 13.2 Å². The predicted octanol–water partition coefficient (Wildman–Crippen LogP) is 4.94. The lowest BCUT2D eigenvalue weighted by Gasteiger charge is -2.06. The van der Waals surface area contributed by atoms with E-state index in [0.717, 1.165) is 5.56 Å². The number of hydrogen-bond acceptors (Lipinski definition) is 1. The third-order valence-electron chi connectivity index (χ3n) is 3.46. The third kappa shape index (κ3) is 3.56. The Morgan fingerprint density at radius 3 is 2.43 bits per heavy atom. The number of rotatable bonds is 2. The summed E-state index contributed by atoms with van der Waals surface area (Å²) in [6, 6.07) is 11.0. The van der Waals surface area contributed by atoms with Crippen molar-refractivity contribution < 1.29 is 18.0 Å². The molecule has 2 aromatic rings. The van der Waals surface area contributed by atoms with Crippen LogP contribution in [0.1, 0.15) is 16.7 Å². The summed E-state index contributed by atoms with van der Waals surface area (Å²) in [5.41, 5.74) is 2.65. The first-order valence-electron chi connectivity index (χ1n) is 6.80. The molecule has 0 atom stereocenters. The summed E-state index contributed by atoms with van der Waals surface area (Å²) in [6.45, 7) is 0. The minimum Gasteiger partial charge on any atom is -0.321 e. The number of alkyl halides is 3. The summed E-state index contributed by atoms with van der Waals surface area (Å²) in [4.78, 5) is 12.0. The van der Waals surface area contributed by atoms with E-state index in [0.29, 0.717) is 21.8 Å². The van der Waals surface area contributed by atoms with Crippen LogP contribution in [0.25, 0.3) is 11.6 Å². The van der Waals surface area contributed by atoms with E-state index in [-0.39, 0.29) is 11.5 Å². The molecule has 0 aliphatic carbocycles. The van der Waals surface area contributed by atoms with Gasteiger partial charge < -0.3 is 5.32 Å². The van der Waals surface area contributed by atoms with Crippen LogP contribution in [0.3, 0.4) is 0 Å². The maximum Gasteiger partial charge on any atom is 0.393 e. The molecule has 1 N–H and O–H groups in total. The number of carbonyl (C=O) groups excluding carboxylic acids is 1. The van der Waals surface area contributed by atoms with Gasteiger partial charge in [0.25, 0.3) is 5.91 Å². The molecule has 2 aromatic carbocycles. The molecule has 0 fully saturated rings. The summed E-state index contributed by atoms with van der Waals surface area (Å²) in [6.07, 6.45) is -3.55. The lowest BCUT2D eigenvalue weighted by molar-refractivity contribution is -0.127. The maximum atomic E-state index is 12.3. The summed E-state index contributed by atoms with van der Waals surface area (Å²) < 4.78 is 37.0. The first kappa shape index (κ1) is 15.6. The zero-order chi connectivity index (χ0) is 16.6. The number of anilines is 1. The zero-order valence-electron chi connectivity index (χ0n) is 11.7. The molecule has 0 unspecified atom stereocenters. The number of hydrogen-bond donors (Lipinski definition) is 1. The zero-order valence-corrected chi connectivity index (χ0v) is 12.5. The van der Waals surface area contributed by atoms with Gasteiger partial charge in [-0.25, -0.2) is 0 Å². The van der Waals surface area contributed by atoms with Crippen molar-refractivity contribution in [2.24, 2.45) is 0 Å². The average Bonchev–Trinajstić information content (AvgIpc) is 2.74. The molecule has 0 spiro atoms.